The van der Waals surface area contributed by atoms with Crippen molar-refractivity contribution < 1.29 is 14.3 Å². The second kappa shape index (κ2) is 8.83. The van der Waals surface area contributed by atoms with E-state index in [2.05, 4.69) is 41.0 Å². The summed E-state index contributed by atoms with van der Waals surface area (Å²) in [5.74, 6) is -0.655. The number of hydrogen-bond donors (Lipinski definition) is 3. The van der Waals surface area contributed by atoms with Crippen LogP contribution in [0.3, 0.4) is 0 Å². The molecule has 160 valence electrons. The second-order valence-corrected chi connectivity index (χ2v) is 6.90. The Bertz CT molecular complexity index is 1090. The second-order valence-electron chi connectivity index (χ2n) is 6.90. The molecule has 4 rings (SSSR count). The van der Waals surface area contributed by atoms with Crippen LogP contribution in [0.1, 0.15) is 39.0 Å². The Morgan fingerprint density at radius 3 is 2.68 bits per heavy atom. The number of hydrogen-bond acceptors (Lipinski definition) is 9. The average molecular weight is 423 g/mol. The summed E-state index contributed by atoms with van der Waals surface area (Å²) in [5.41, 5.74) is 1.64. The van der Waals surface area contributed by atoms with Crippen LogP contribution in [0.25, 0.3) is 0 Å². The number of aromatic nitrogens is 6. The van der Waals surface area contributed by atoms with Gasteiger partial charge in [0.15, 0.2) is 17.2 Å². The minimum Gasteiger partial charge on any atom is -0.381 e. The van der Waals surface area contributed by atoms with E-state index in [1.54, 1.807) is 31.8 Å². The molecule has 3 aromatic rings. The molecule has 0 saturated carbocycles. The van der Waals surface area contributed by atoms with Crippen LogP contribution in [0, 0.1) is 0 Å². The molecule has 12 heteroatoms. The molecule has 0 radical (unpaired) electrons. The first-order valence-corrected chi connectivity index (χ1v) is 9.59. The molecule has 1 saturated heterocycles. The standard InChI is InChI=1S/C19H21N9O3/c1-20-18(29)15-14(8-28(2)27-15)26-19(30)16-17(24-12-5-21-10-22-6-12)23-7-13(25-16)11-3-4-31-9-11/h5-8,10-11H,3-4,9H2,1-2H3,(H,20,29)(H,23,24)(H,26,30)/t11-/m0/s1. The third kappa shape index (κ3) is 4.48. The predicted molar refractivity (Wildman–Crippen MR) is 110 cm³/mol. The number of ether oxygens (including phenoxy) is 1. The fourth-order valence-electron chi connectivity index (χ4n) is 3.16. The summed E-state index contributed by atoms with van der Waals surface area (Å²) in [6.45, 7) is 1.17. The third-order valence-electron chi connectivity index (χ3n) is 4.70. The van der Waals surface area contributed by atoms with Crippen molar-refractivity contribution in [3.05, 3.63) is 48.2 Å². The van der Waals surface area contributed by atoms with E-state index in [4.69, 9.17) is 4.74 Å². The van der Waals surface area contributed by atoms with Gasteiger partial charge in [-0.25, -0.2) is 19.9 Å². The summed E-state index contributed by atoms with van der Waals surface area (Å²) in [5, 5.41) is 12.3. The van der Waals surface area contributed by atoms with Crippen molar-refractivity contribution >= 4 is 29.0 Å². The molecule has 0 bridgehead atoms. The van der Waals surface area contributed by atoms with Crippen molar-refractivity contribution in [3.8, 4) is 0 Å². The molecule has 3 aromatic heterocycles. The SMILES string of the molecule is CNC(=O)c1nn(C)cc1NC(=O)c1nc([C@H]2CCOC2)cnc1Nc1cncnc1. The highest BCUT2D eigenvalue weighted by atomic mass is 16.5. The highest BCUT2D eigenvalue weighted by molar-refractivity contribution is 6.09. The summed E-state index contributed by atoms with van der Waals surface area (Å²) >= 11 is 0. The van der Waals surface area contributed by atoms with E-state index in [1.165, 1.54) is 18.1 Å². The molecule has 0 spiro atoms. The maximum Gasteiger partial charge on any atom is 0.278 e. The van der Waals surface area contributed by atoms with Crippen LogP contribution >= 0.6 is 0 Å². The monoisotopic (exact) mass is 423 g/mol. The Morgan fingerprint density at radius 1 is 1.16 bits per heavy atom. The average Bonchev–Trinajstić information content (AvgIpc) is 3.44. The van der Waals surface area contributed by atoms with Gasteiger partial charge in [-0.3, -0.25) is 14.3 Å². The Balaban J connectivity index is 1.68. The van der Waals surface area contributed by atoms with Gasteiger partial charge in [0.05, 0.1) is 42.3 Å². The van der Waals surface area contributed by atoms with Crippen molar-refractivity contribution in [2.75, 3.05) is 30.9 Å². The number of aryl methyl sites for hydroxylation is 1. The lowest BCUT2D eigenvalue weighted by atomic mass is 10.1. The maximum atomic E-state index is 13.2. The molecular weight excluding hydrogens is 402 g/mol. The van der Waals surface area contributed by atoms with Crippen LogP contribution in [0.4, 0.5) is 17.2 Å². The third-order valence-corrected chi connectivity index (χ3v) is 4.70. The maximum absolute atomic E-state index is 13.2. The molecule has 3 N–H and O–H groups in total. The summed E-state index contributed by atoms with van der Waals surface area (Å²) < 4.78 is 6.88. The van der Waals surface area contributed by atoms with E-state index in [0.717, 1.165) is 6.42 Å². The number of nitrogens with zero attached hydrogens (tertiary/aromatic N) is 6. The lowest BCUT2D eigenvalue weighted by Crippen LogP contribution is -2.23. The van der Waals surface area contributed by atoms with Crippen LogP contribution < -0.4 is 16.0 Å². The van der Waals surface area contributed by atoms with E-state index in [-0.39, 0.29) is 28.8 Å². The number of amides is 2. The summed E-state index contributed by atoms with van der Waals surface area (Å²) in [6.07, 6.45) is 8.49. The molecular formula is C19H21N9O3. The Hall–Kier alpha value is -3.93. The van der Waals surface area contributed by atoms with E-state index < -0.39 is 11.8 Å². The molecule has 1 atom stereocenters. The largest absolute Gasteiger partial charge is 0.381 e. The molecule has 1 fully saturated rings. The van der Waals surface area contributed by atoms with Gasteiger partial charge in [-0.15, -0.1) is 0 Å². The minimum absolute atomic E-state index is 0.0629. The Morgan fingerprint density at radius 2 is 1.97 bits per heavy atom. The van der Waals surface area contributed by atoms with Crippen LogP contribution in [0.5, 0.6) is 0 Å². The molecule has 1 aliphatic rings. The van der Waals surface area contributed by atoms with Gasteiger partial charge in [0.1, 0.15) is 6.33 Å². The zero-order valence-electron chi connectivity index (χ0n) is 17.0. The fourth-order valence-corrected chi connectivity index (χ4v) is 3.16. The molecule has 2 amide bonds. The van der Waals surface area contributed by atoms with Gasteiger partial charge >= 0.3 is 0 Å². The van der Waals surface area contributed by atoms with Gasteiger partial charge in [-0.1, -0.05) is 0 Å². The van der Waals surface area contributed by atoms with Crippen molar-refractivity contribution in [3.63, 3.8) is 0 Å². The highest BCUT2D eigenvalue weighted by Crippen LogP contribution is 2.26. The van der Waals surface area contributed by atoms with Gasteiger partial charge < -0.3 is 20.7 Å². The van der Waals surface area contributed by atoms with E-state index in [9.17, 15) is 9.59 Å². The number of nitrogens with one attached hydrogen (secondary N) is 3. The topological polar surface area (TPSA) is 149 Å². The normalized spacial score (nSPS) is 15.5. The van der Waals surface area contributed by atoms with Crippen molar-refractivity contribution in [2.45, 2.75) is 12.3 Å². The van der Waals surface area contributed by atoms with Crippen molar-refractivity contribution in [2.24, 2.45) is 7.05 Å². The minimum atomic E-state index is -0.536. The summed E-state index contributed by atoms with van der Waals surface area (Å²) in [4.78, 5) is 42.2. The van der Waals surface area contributed by atoms with Crippen molar-refractivity contribution in [1.82, 2.24) is 35.0 Å². The number of carbonyl (C=O) groups excluding carboxylic acids is 2. The van der Waals surface area contributed by atoms with E-state index in [0.29, 0.717) is 24.6 Å². The van der Waals surface area contributed by atoms with Crippen LogP contribution in [-0.4, -0.2) is 61.8 Å². The van der Waals surface area contributed by atoms with Crippen LogP contribution in [0.2, 0.25) is 0 Å². The molecule has 31 heavy (non-hydrogen) atoms. The zero-order valence-corrected chi connectivity index (χ0v) is 17.0. The van der Waals surface area contributed by atoms with Gasteiger partial charge in [-0.2, -0.15) is 5.10 Å². The lowest BCUT2D eigenvalue weighted by molar-refractivity contribution is 0.0958. The first-order chi connectivity index (χ1) is 15.0. The number of carbonyl (C=O) groups is 2. The van der Waals surface area contributed by atoms with Crippen LogP contribution in [0.15, 0.2) is 31.1 Å². The van der Waals surface area contributed by atoms with Crippen LogP contribution in [-0.2, 0) is 11.8 Å². The van der Waals surface area contributed by atoms with E-state index in [1.807, 2.05) is 0 Å². The summed E-state index contributed by atoms with van der Waals surface area (Å²) in [6, 6.07) is 0. The number of rotatable bonds is 6. The molecule has 0 aromatic carbocycles. The lowest BCUT2D eigenvalue weighted by Gasteiger charge is -2.13. The van der Waals surface area contributed by atoms with Crippen molar-refractivity contribution in [1.29, 1.82) is 0 Å². The molecule has 0 unspecified atom stereocenters. The quantitative estimate of drug-likeness (QED) is 0.525. The fraction of sp³-hybridized carbons (Fsp3) is 0.316. The predicted octanol–water partition coefficient (Wildman–Crippen LogP) is 0.859. The Labute approximate surface area is 177 Å². The molecule has 1 aliphatic heterocycles. The number of anilines is 3. The van der Waals surface area contributed by atoms with Gasteiger partial charge in [-0.05, 0) is 6.42 Å². The van der Waals surface area contributed by atoms with Gasteiger partial charge in [0, 0.05) is 32.8 Å². The van der Waals surface area contributed by atoms with Gasteiger partial charge in [0.2, 0.25) is 0 Å². The zero-order chi connectivity index (χ0) is 21.8. The molecule has 4 heterocycles. The Kier molecular flexibility index (Phi) is 5.80. The molecule has 12 nitrogen and oxygen atoms in total. The van der Waals surface area contributed by atoms with Gasteiger partial charge in [0.25, 0.3) is 11.8 Å². The summed E-state index contributed by atoms with van der Waals surface area (Å²) in [7, 11) is 3.15. The molecule has 0 aliphatic carbocycles. The first kappa shape index (κ1) is 20.3. The smallest absolute Gasteiger partial charge is 0.278 e. The highest BCUT2D eigenvalue weighted by Gasteiger charge is 2.25. The first-order valence-electron chi connectivity index (χ1n) is 9.59. The van der Waals surface area contributed by atoms with E-state index >= 15 is 0 Å².